The van der Waals surface area contributed by atoms with E-state index >= 15 is 0 Å². The molecular formula is C22H25ClN2O. The standard InChI is InChI=1S/C22H25ClN2O/c1-14(2)9-15(3)13-26-22-12-25-20(10-16(22)4)19-7-8-24-21-11-17(23)5-6-18(19)21/h5-8,10-12,14-15H,9,13H2,1-4H3. The van der Waals surface area contributed by atoms with Crippen molar-refractivity contribution in [2.24, 2.45) is 11.8 Å². The van der Waals surface area contributed by atoms with Gasteiger partial charge in [-0.15, -0.1) is 0 Å². The number of benzene rings is 1. The van der Waals surface area contributed by atoms with Crippen LogP contribution in [0.5, 0.6) is 5.75 Å². The summed E-state index contributed by atoms with van der Waals surface area (Å²) in [7, 11) is 0. The molecule has 0 aliphatic heterocycles. The number of hydrogen-bond acceptors (Lipinski definition) is 3. The van der Waals surface area contributed by atoms with Crippen LogP contribution in [0.25, 0.3) is 22.2 Å². The van der Waals surface area contributed by atoms with Crippen molar-refractivity contribution in [3.05, 3.63) is 53.3 Å². The SMILES string of the molecule is Cc1cc(-c2ccnc3cc(Cl)ccc23)ncc1OCC(C)CC(C)C. The summed E-state index contributed by atoms with van der Waals surface area (Å²) in [5.74, 6) is 2.07. The molecule has 0 fully saturated rings. The molecule has 0 radical (unpaired) electrons. The lowest BCUT2D eigenvalue weighted by molar-refractivity contribution is 0.237. The molecule has 0 N–H and O–H groups in total. The first kappa shape index (κ1) is 18.7. The van der Waals surface area contributed by atoms with Crippen molar-refractivity contribution in [3.63, 3.8) is 0 Å². The molecule has 1 aromatic carbocycles. The number of ether oxygens (including phenoxy) is 1. The number of fused-ring (bicyclic) bond motifs is 1. The molecule has 3 nitrogen and oxygen atoms in total. The molecule has 136 valence electrons. The Morgan fingerprint density at radius 2 is 1.88 bits per heavy atom. The predicted molar refractivity (Wildman–Crippen MR) is 109 cm³/mol. The minimum Gasteiger partial charge on any atom is -0.491 e. The van der Waals surface area contributed by atoms with E-state index in [1.54, 1.807) is 6.20 Å². The molecule has 3 rings (SSSR count). The quantitative estimate of drug-likeness (QED) is 0.510. The minimum atomic E-state index is 0.531. The molecule has 0 amide bonds. The van der Waals surface area contributed by atoms with E-state index < -0.39 is 0 Å². The summed E-state index contributed by atoms with van der Waals surface area (Å²) >= 11 is 6.08. The summed E-state index contributed by atoms with van der Waals surface area (Å²) in [5, 5.41) is 1.73. The molecule has 0 aliphatic carbocycles. The number of halogens is 1. The van der Waals surface area contributed by atoms with Crippen LogP contribution in [0.1, 0.15) is 32.8 Å². The van der Waals surface area contributed by atoms with Gasteiger partial charge < -0.3 is 4.74 Å². The highest BCUT2D eigenvalue weighted by Crippen LogP contribution is 2.30. The van der Waals surface area contributed by atoms with Gasteiger partial charge in [0.05, 0.1) is 24.0 Å². The average Bonchev–Trinajstić information content (AvgIpc) is 2.59. The molecule has 2 aromatic heterocycles. The largest absolute Gasteiger partial charge is 0.491 e. The highest BCUT2D eigenvalue weighted by atomic mass is 35.5. The highest BCUT2D eigenvalue weighted by molar-refractivity contribution is 6.31. The Kier molecular flexibility index (Phi) is 5.77. The van der Waals surface area contributed by atoms with Crippen LogP contribution in [-0.4, -0.2) is 16.6 Å². The van der Waals surface area contributed by atoms with Gasteiger partial charge in [-0.1, -0.05) is 38.4 Å². The summed E-state index contributed by atoms with van der Waals surface area (Å²) in [6, 6.07) is 9.82. The van der Waals surface area contributed by atoms with E-state index in [1.165, 1.54) is 0 Å². The molecule has 1 unspecified atom stereocenters. The van der Waals surface area contributed by atoms with E-state index in [0.29, 0.717) is 16.9 Å². The van der Waals surface area contributed by atoms with Crippen molar-refractivity contribution in [1.29, 1.82) is 0 Å². The lowest BCUT2D eigenvalue weighted by atomic mass is 10.00. The second-order valence-electron chi connectivity index (χ2n) is 7.40. The van der Waals surface area contributed by atoms with Crippen molar-refractivity contribution in [3.8, 4) is 17.0 Å². The van der Waals surface area contributed by atoms with Crippen LogP contribution in [-0.2, 0) is 0 Å². The molecule has 0 saturated carbocycles. The molecule has 2 heterocycles. The molecule has 0 bridgehead atoms. The highest BCUT2D eigenvalue weighted by Gasteiger charge is 2.11. The fourth-order valence-corrected chi connectivity index (χ4v) is 3.46. The van der Waals surface area contributed by atoms with Gasteiger partial charge in [-0.25, -0.2) is 0 Å². The number of pyridine rings is 2. The molecule has 0 spiro atoms. The number of aryl methyl sites for hydroxylation is 1. The van der Waals surface area contributed by atoms with Crippen LogP contribution in [0.15, 0.2) is 42.7 Å². The first-order valence-corrected chi connectivity index (χ1v) is 9.46. The van der Waals surface area contributed by atoms with Crippen molar-refractivity contribution in [2.45, 2.75) is 34.1 Å². The van der Waals surface area contributed by atoms with E-state index in [4.69, 9.17) is 16.3 Å². The Morgan fingerprint density at radius 1 is 1.08 bits per heavy atom. The summed E-state index contributed by atoms with van der Waals surface area (Å²) in [6.45, 7) is 9.49. The predicted octanol–water partition coefficient (Wildman–Crippen LogP) is 6.32. The summed E-state index contributed by atoms with van der Waals surface area (Å²) in [4.78, 5) is 9.04. The smallest absolute Gasteiger partial charge is 0.140 e. The zero-order valence-corrected chi connectivity index (χ0v) is 16.5. The Bertz CT molecular complexity index is 908. The topological polar surface area (TPSA) is 35.0 Å². The van der Waals surface area contributed by atoms with Gasteiger partial charge in [-0.05, 0) is 55.0 Å². The van der Waals surface area contributed by atoms with Gasteiger partial charge in [-0.3, -0.25) is 9.97 Å². The number of aromatic nitrogens is 2. The van der Waals surface area contributed by atoms with Gasteiger partial charge in [0.15, 0.2) is 0 Å². The molecule has 26 heavy (non-hydrogen) atoms. The van der Waals surface area contributed by atoms with Crippen LogP contribution < -0.4 is 4.74 Å². The van der Waals surface area contributed by atoms with Crippen LogP contribution >= 0.6 is 11.6 Å². The summed E-state index contributed by atoms with van der Waals surface area (Å²) < 4.78 is 6.00. The normalized spacial score (nSPS) is 12.5. The van der Waals surface area contributed by atoms with Gasteiger partial charge in [0.25, 0.3) is 0 Å². The Labute approximate surface area is 160 Å². The summed E-state index contributed by atoms with van der Waals surface area (Å²) in [5.41, 5.74) is 3.93. The maximum atomic E-state index is 6.08. The molecule has 0 saturated heterocycles. The molecule has 1 atom stereocenters. The van der Waals surface area contributed by atoms with Crippen molar-refractivity contribution in [1.82, 2.24) is 9.97 Å². The van der Waals surface area contributed by atoms with E-state index in [9.17, 15) is 0 Å². The second-order valence-corrected chi connectivity index (χ2v) is 7.84. The van der Waals surface area contributed by atoms with Crippen LogP contribution in [0.2, 0.25) is 5.02 Å². The molecule has 3 aromatic rings. The third-order valence-corrected chi connectivity index (χ3v) is 4.68. The summed E-state index contributed by atoms with van der Waals surface area (Å²) in [6.07, 6.45) is 4.79. The zero-order chi connectivity index (χ0) is 18.7. The first-order valence-electron chi connectivity index (χ1n) is 9.08. The van der Waals surface area contributed by atoms with E-state index in [0.717, 1.165) is 46.5 Å². The monoisotopic (exact) mass is 368 g/mol. The van der Waals surface area contributed by atoms with Crippen LogP contribution in [0, 0.1) is 18.8 Å². The lowest BCUT2D eigenvalue weighted by Crippen LogP contribution is -2.11. The minimum absolute atomic E-state index is 0.531. The Hall–Kier alpha value is -2.13. The number of rotatable bonds is 6. The van der Waals surface area contributed by atoms with Crippen LogP contribution in [0.4, 0.5) is 0 Å². The second kappa shape index (κ2) is 8.05. The van der Waals surface area contributed by atoms with E-state index in [-0.39, 0.29) is 0 Å². The van der Waals surface area contributed by atoms with E-state index in [1.807, 2.05) is 30.5 Å². The zero-order valence-electron chi connectivity index (χ0n) is 15.8. The van der Waals surface area contributed by atoms with Gasteiger partial charge in [0.1, 0.15) is 5.75 Å². The van der Waals surface area contributed by atoms with Crippen molar-refractivity contribution in [2.75, 3.05) is 6.61 Å². The van der Waals surface area contributed by atoms with Crippen LogP contribution in [0.3, 0.4) is 0 Å². The first-order chi connectivity index (χ1) is 12.4. The third kappa shape index (κ3) is 4.34. The maximum absolute atomic E-state index is 6.08. The third-order valence-electron chi connectivity index (χ3n) is 4.44. The molecule has 0 aliphatic rings. The molecular weight excluding hydrogens is 344 g/mol. The number of hydrogen-bond donors (Lipinski definition) is 0. The average molecular weight is 369 g/mol. The van der Waals surface area contributed by atoms with Gasteiger partial charge in [0, 0.05) is 22.2 Å². The van der Waals surface area contributed by atoms with Crippen molar-refractivity contribution < 1.29 is 4.74 Å². The van der Waals surface area contributed by atoms with Gasteiger partial charge in [0.2, 0.25) is 0 Å². The molecule has 4 heteroatoms. The van der Waals surface area contributed by atoms with E-state index in [2.05, 4.69) is 43.7 Å². The Balaban J connectivity index is 1.84. The fourth-order valence-electron chi connectivity index (χ4n) is 3.29. The number of nitrogens with zero attached hydrogens (tertiary/aromatic N) is 2. The maximum Gasteiger partial charge on any atom is 0.140 e. The van der Waals surface area contributed by atoms with Gasteiger partial charge in [-0.2, -0.15) is 0 Å². The fraction of sp³-hybridized carbons (Fsp3) is 0.364. The Morgan fingerprint density at radius 3 is 2.62 bits per heavy atom. The lowest BCUT2D eigenvalue weighted by Gasteiger charge is -2.16. The van der Waals surface area contributed by atoms with Gasteiger partial charge >= 0.3 is 0 Å². The van der Waals surface area contributed by atoms with Crippen molar-refractivity contribution >= 4 is 22.5 Å².